The molecule has 0 aliphatic carbocycles. The van der Waals surface area contributed by atoms with Crippen molar-refractivity contribution in [1.82, 2.24) is 14.5 Å². The smallest absolute Gasteiger partial charge is 0.147 e. The molecule has 0 saturated carbocycles. The van der Waals surface area contributed by atoms with Crippen molar-refractivity contribution in [2.75, 3.05) is 20.6 Å². The number of benzene rings is 2. The lowest BCUT2D eigenvalue weighted by Crippen LogP contribution is -2.16. The van der Waals surface area contributed by atoms with Crippen LogP contribution in [-0.4, -0.2) is 35.1 Å². The Bertz CT molecular complexity index is 844. The highest BCUT2D eigenvalue weighted by atomic mass is 35.5. The Kier molecular flexibility index (Phi) is 5.84. The zero-order valence-corrected chi connectivity index (χ0v) is 15.9. The molecule has 132 valence electrons. The van der Waals surface area contributed by atoms with Gasteiger partial charge in [-0.25, -0.2) is 4.98 Å². The molecule has 0 aliphatic heterocycles. The monoisotopic (exact) mass is 377 g/mol. The van der Waals surface area contributed by atoms with Gasteiger partial charge >= 0.3 is 0 Å². The minimum absolute atomic E-state index is 0.399. The van der Waals surface area contributed by atoms with Crippen LogP contribution < -0.4 is 4.74 Å². The normalized spacial score (nSPS) is 11.4. The predicted molar refractivity (Wildman–Crippen MR) is 104 cm³/mol. The van der Waals surface area contributed by atoms with Crippen LogP contribution >= 0.6 is 23.2 Å². The minimum Gasteiger partial charge on any atom is -0.486 e. The largest absolute Gasteiger partial charge is 0.486 e. The topological polar surface area (TPSA) is 30.3 Å². The maximum absolute atomic E-state index is 6.11. The molecule has 0 N–H and O–H groups in total. The molecular weight excluding hydrogens is 357 g/mol. The standard InChI is InChI=1S/C19H21Cl2N3O/c1-23(2)10-3-11-24-18-9-6-15(21)12-17(18)22-19(24)13-25-16-7-4-14(20)5-8-16/h4-9,12H,3,10-11,13H2,1-2H3. The average Bonchev–Trinajstić information content (AvgIpc) is 2.91. The maximum atomic E-state index is 6.11. The summed E-state index contributed by atoms with van der Waals surface area (Å²) in [5.74, 6) is 1.67. The van der Waals surface area contributed by atoms with E-state index in [1.165, 1.54) is 0 Å². The number of halogens is 2. The summed E-state index contributed by atoms with van der Waals surface area (Å²) in [6.45, 7) is 2.30. The van der Waals surface area contributed by atoms with Gasteiger partial charge in [-0.3, -0.25) is 0 Å². The number of nitrogens with zero attached hydrogens (tertiary/aromatic N) is 3. The predicted octanol–water partition coefficient (Wildman–Crippen LogP) is 4.87. The van der Waals surface area contributed by atoms with Crippen LogP contribution in [0.4, 0.5) is 0 Å². The molecule has 0 aliphatic rings. The van der Waals surface area contributed by atoms with E-state index in [1.54, 1.807) is 0 Å². The molecule has 4 nitrogen and oxygen atoms in total. The van der Waals surface area contributed by atoms with E-state index in [1.807, 2.05) is 42.5 Å². The van der Waals surface area contributed by atoms with Crippen LogP contribution in [0.2, 0.25) is 10.0 Å². The Balaban J connectivity index is 1.82. The molecule has 3 rings (SSSR count). The second-order valence-electron chi connectivity index (χ2n) is 6.21. The van der Waals surface area contributed by atoms with Crippen LogP contribution in [0.5, 0.6) is 5.75 Å². The Morgan fingerprint density at radius 1 is 1.04 bits per heavy atom. The van der Waals surface area contributed by atoms with Crippen molar-refractivity contribution in [3.05, 3.63) is 58.3 Å². The Labute approximate surface area is 157 Å². The van der Waals surface area contributed by atoms with Crippen LogP contribution in [0.15, 0.2) is 42.5 Å². The molecule has 0 radical (unpaired) electrons. The second-order valence-corrected chi connectivity index (χ2v) is 7.09. The molecule has 0 amide bonds. The average molecular weight is 378 g/mol. The molecule has 0 saturated heterocycles. The lowest BCUT2D eigenvalue weighted by molar-refractivity contribution is 0.288. The van der Waals surface area contributed by atoms with Gasteiger partial charge in [0.05, 0.1) is 11.0 Å². The van der Waals surface area contributed by atoms with Crippen molar-refractivity contribution in [3.63, 3.8) is 0 Å². The number of aryl methyl sites for hydroxylation is 1. The van der Waals surface area contributed by atoms with Gasteiger partial charge in [-0.05, 0) is 69.5 Å². The summed E-state index contributed by atoms with van der Waals surface area (Å²) < 4.78 is 8.10. The van der Waals surface area contributed by atoms with E-state index in [0.29, 0.717) is 16.7 Å². The number of hydrogen-bond donors (Lipinski definition) is 0. The van der Waals surface area contributed by atoms with E-state index in [2.05, 4.69) is 23.6 Å². The zero-order chi connectivity index (χ0) is 17.8. The van der Waals surface area contributed by atoms with Crippen LogP contribution in [0.3, 0.4) is 0 Å². The summed E-state index contributed by atoms with van der Waals surface area (Å²) in [6.07, 6.45) is 1.04. The van der Waals surface area contributed by atoms with Gasteiger partial charge in [-0.2, -0.15) is 0 Å². The summed E-state index contributed by atoms with van der Waals surface area (Å²) >= 11 is 12.0. The lowest BCUT2D eigenvalue weighted by Gasteiger charge is -2.13. The molecule has 1 aromatic heterocycles. The zero-order valence-electron chi connectivity index (χ0n) is 14.4. The van der Waals surface area contributed by atoms with Crippen molar-refractivity contribution < 1.29 is 4.74 Å². The molecule has 6 heteroatoms. The fourth-order valence-corrected chi connectivity index (χ4v) is 3.03. The van der Waals surface area contributed by atoms with Gasteiger partial charge in [0.25, 0.3) is 0 Å². The highest BCUT2D eigenvalue weighted by Gasteiger charge is 2.12. The number of fused-ring (bicyclic) bond motifs is 1. The SMILES string of the molecule is CN(C)CCCn1c(COc2ccc(Cl)cc2)nc2cc(Cl)ccc21. The number of hydrogen-bond acceptors (Lipinski definition) is 3. The van der Waals surface area contributed by atoms with E-state index in [4.69, 9.17) is 32.9 Å². The van der Waals surface area contributed by atoms with Gasteiger partial charge in [-0.1, -0.05) is 23.2 Å². The van der Waals surface area contributed by atoms with E-state index < -0.39 is 0 Å². The second kappa shape index (κ2) is 8.09. The maximum Gasteiger partial charge on any atom is 0.147 e. The Morgan fingerprint density at radius 3 is 2.48 bits per heavy atom. The first-order valence-electron chi connectivity index (χ1n) is 8.21. The van der Waals surface area contributed by atoms with Gasteiger partial charge in [0.15, 0.2) is 0 Å². The number of rotatable bonds is 7. The summed E-state index contributed by atoms with van der Waals surface area (Å²) in [5, 5.41) is 1.38. The third-order valence-corrected chi connectivity index (χ3v) is 4.45. The fraction of sp³-hybridized carbons (Fsp3) is 0.316. The fourth-order valence-electron chi connectivity index (χ4n) is 2.74. The van der Waals surface area contributed by atoms with Crippen molar-refractivity contribution in [1.29, 1.82) is 0 Å². The molecule has 0 spiro atoms. The summed E-state index contributed by atoms with van der Waals surface area (Å²) in [7, 11) is 4.16. The van der Waals surface area contributed by atoms with Gasteiger partial charge in [0.1, 0.15) is 18.2 Å². The van der Waals surface area contributed by atoms with Crippen molar-refractivity contribution in [3.8, 4) is 5.75 Å². The van der Waals surface area contributed by atoms with Crippen molar-refractivity contribution in [2.24, 2.45) is 0 Å². The summed E-state index contributed by atoms with van der Waals surface area (Å²) in [5.41, 5.74) is 1.98. The first-order valence-corrected chi connectivity index (χ1v) is 8.96. The Morgan fingerprint density at radius 2 is 1.76 bits per heavy atom. The molecule has 0 bridgehead atoms. The summed E-state index contributed by atoms with van der Waals surface area (Å²) in [4.78, 5) is 6.90. The van der Waals surface area contributed by atoms with Gasteiger partial charge in [-0.15, -0.1) is 0 Å². The van der Waals surface area contributed by atoms with Gasteiger partial charge < -0.3 is 14.2 Å². The van der Waals surface area contributed by atoms with E-state index in [0.717, 1.165) is 42.1 Å². The molecule has 0 atom stereocenters. The highest BCUT2D eigenvalue weighted by molar-refractivity contribution is 6.31. The number of aromatic nitrogens is 2. The molecule has 1 heterocycles. The van der Waals surface area contributed by atoms with Crippen molar-refractivity contribution in [2.45, 2.75) is 19.6 Å². The van der Waals surface area contributed by atoms with E-state index >= 15 is 0 Å². The van der Waals surface area contributed by atoms with Crippen LogP contribution in [0, 0.1) is 0 Å². The quantitative estimate of drug-likeness (QED) is 0.587. The van der Waals surface area contributed by atoms with Gasteiger partial charge in [0, 0.05) is 16.6 Å². The van der Waals surface area contributed by atoms with E-state index in [9.17, 15) is 0 Å². The number of imidazole rings is 1. The minimum atomic E-state index is 0.399. The lowest BCUT2D eigenvalue weighted by atomic mass is 10.3. The first kappa shape index (κ1) is 18.1. The summed E-state index contributed by atoms with van der Waals surface area (Å²) in [6, 6.07) is 13.2. The first-order chi connectivity index (χ1) is 12.0. The van der Waals surface area contributed by atoms with Crippen LogP contribution in [-0.2, 0) is 13.2 Å². The third-order valence-electron chi connectivity index (χ3n) is 3.96. The molecular formula is C19H21Cl2N3O. The van der Waals surface area contributed by atoms with Crippen LogP contribution in [0.1, 0.15) is 12.2 Å². The van der Waals surface area contributed by atoms with E-state index in [-0.39, 0.29) is 0 Å². The number of ether oxygens (including phenoxy) is 1. The van der Waals surface area contributed by atoms with Crippen LogP contribution in [0.25, 0.3) is 11.0 Å². The Hall–Kier alpha value is -1.75. The van der Waals surface area contributed by atoms with Gasteiger partial charge in [0.2, 0.25) is 0 Å². The van der Waals surface area contributed by atoms with Crippen molar-refractivity contribution >= 4 is 34.2 Å². The molecule has 0 unspecified atom stereocenters. The molecule has 3 aromatic rings. The third kappa shape index (κ3) is 4.66. The molecule has 2 aromatic carbocycles. The highest BCUT2D eigenvalue weighted by Crippen LogP contribution is 2.23. The molecule has 0 fully saturated rings. The molecule has 25 heavy (non-hydrogen) atoms.